The van der Waals surface area contributed by atoms with Crippen LogP contribution < -0.4 is 0 Å². The first-order valence-electron chi connectivity index (χ1n) is 3.80. The molecule has 0 bridgehead atoms. The predicted molar refractivity (Wildman–Crippen MR) is 43.5 cm³/mol. The summed E-state index contributed by atoms with van der Waals surface area (Å²) in [5, 5.41) is 8.98. The highest BCUT2D eigenvalue weighted by atomic mass is 32.1. The lowest BCUT2D eigenvalue weighted by atomic mass is 9.83. The summed E-state index contributed by atoms with van der Waals surface area (Å²) in [4.78, 5) is 4.40. The molecule has 0 amide bonds. The molecule has 0 unspecified atom stereocenters. The van der Waals surface area contributed by atoms with Crippen LogP contribution in [0.3, 0.4) is 0 Å². The maximum absolute atomic E-state index is 13.6. The van der Waals surface area contributed by atoms with Crippen LogP contribution in [0.15, 0.2) is 6.20 Å². The van der Waals surface area contributed by atoms with E-state index in [0.717, 1.165) is 6.42 Å². The minimum Gasteiger partial charge on any atom is -0.245 e. The number of hydrogen-bond acceptors (Lipinski definition) is 3. The Labute approximate surface area is 73.7 Å². The van der Waals surface area contributed by atoms with Gasteiger partial charge in [-0.2, -0.15) is 5.26 Å². The molecule has 1 aliphatic rings. The lowest BCUT2D eigenvalue weighted by Gasteiger charge is -2.31. The van der Waals surface area contributed by atoms with Gasteiger partial charge in [-0.15, -0.1) is 11.3 Å². The molecule has 0 radical (unpaired) electrons. The van der Waals surface area contributed by atoms with Crippen molar-refractivity contribution in [2.24, 2.45) is 0 Å². The van der Waals surface area contributed by atoms with Gasteiger partial charge in [0.1, 0.15) is 16.0 Å². The zero-order chi connectivity index (χ0) is 8.60. The van der Waals surface area contributed by atoms with Crippen molar-refractivity contribution in [2.45, 2.75) is 24.9 Å². The summed E-state index contributed by atoms with van der Waals surface area (Å²) in [6.45, 7) is 0. The van der Waals surface area contributed by atoms with E-state index in [1.807, 2.05) is 6.07 Å². The second-order valence-corrected chi connectivity index (χ2v) is 3.99. The van der Waals surface area contributed by atoms with Gasteiger partial charge in [0.15, 0.2) is 5.67 Å². The van der Waals surface area contributed by atoms with Gasteiger partial charge >= 0.3 is 0 Å². The first-order chi connectivity index (χ1) is 5.74. The molecule has 1 heterocycles. The maximum atomic E-state index is 13.6. The average Bonchev–Trinajstić information content (AvgIpc) is 2.48. The fraction of sp³-hybridized carbons (Fsp3) is 0.500. The fourth-order valence-electron chi connectivity index (χ4n) is 1.23. The van der Waals surface area contributed by atoms with Gasteiger partial charge in [0.2, 0.25) is 0 Å². The normalized spacial score (nSPS) is 19.7. The van der Waals surface area contributed by atoms with Crippen LogP contribution in [0.2, 0.25) is 0 Å². The number of aromatic nitrogens is 1. The van der Waals surface area contributed by atoms with Crippen LogP contribution in [0.25, 0.3) is 0 Å². The molecule has 4 heteroatoms. The number of hydrogen-bond donors (Lipinski definition) is 0. The Morgan fingerprint density at radius 2 is 2.42 bits per heavy atom. The van der Waals surface area contributed by atoms with Gasteiger partial charge in [0.25, 0.3) is 0 Å². The minimum absolute atomic E-state index is 0.477. The number of thiazole rings is 1. The van der Waals surface area contributed by atoms with E-state index in [1.165, 1.54) is 17.5 Å². The van der Waals surface area contributed by atoms with Crippen LogP contribution in [0, 0.1) is 11.3 Å². The molecule has 0 N–H and O–H groups in total. The van der Waals surface area contributed by atoms with Crippen molar-refractivity contribution < 1.29 is 4.39 Å². The third kappa shape index (κ3) is 1.01. The molecule has 1 aromatic heterocycles. The second-order valence-electron chi connectivity index (χ2n) is 2.96. The van der Waals surface area contributed by atoms with Crippen molar-refractivity contribution in [2.75, 3.05) is 0 Å². The Morgan fingerprint density at radius 1 is 1.67 bits per heavy atom. The maximum Gasteiger partial charge on any atom is 0.162 e. The number of alkyl halides is 1. The highest BCUT2D eigenvalue weighted by Gasteiger charge is 2.41. The third-order valence-electron chi connectivity index (χ3n) is 2.15. The molecule has 0 atom stereocenters. The summed E-state index contributed by atoms with van der Waals surface area (Å²) in [6, 6.07) is 1.96. The van der Waals surface area contributed by atoms with Crippen molar-refractivity contribution in [3.63, 3.8) is 0 Å². The van der Waals surface area contributed by atoms with E-state index < -0.39 is 5.67 Å². The van der Waals surface area contributed by atoms with Crippen LogP contribution in [-0.4, -0.2) is 4.98 Å². The minimum atomic E-state index is -1.21. The van der Waals surface area contributed by atoms with Crippen LogP contribution in [-0.2, 0) is 5.67 Å². The van der Waals surface area contributed by atoms with Crippen molar-refractivity contribution >= 4 is 11.3 Å². The molecule has 0 spiro atoms. The zero-order valence-electron chi connectivity index (χ0n) is 6.38. The van der Waals surface area contributed by atoms with Crippen molar-refractivity contribution in [3.8, 4) is 6.07 Å². The number of nitriles is 1. The molecular formula is C8H7FN2S. The Bertz CT molecular complexity index is 335. The highest BCUT2D eigenvalue weighted by Crippen LogP contribution is 2.46. The van der Waals surface area contributed by atoms with Gasteiger partial charge in [0.05, 0.1) is 6.20 Å². The van der Waals surface area contributed by atoms with Gasteiger partial charge in [-0.1, -0.05) is 0 Å². The molecule has 12 heavy (non-hydrogen) atoms. The van der Waals surface area contributed by atoms with Gasteiger partial charge in [-0.25, -0.2) is 9.37 Å². The van der Waals surface area contributed by atoms with Crippen molar-refractivity contribution in [1.82, 2.24) is 4.98 Å². The fourth-order valence-corrected chi connectivity index (χ4v) is 2.09. The van der Waals surface area contributed by atoms with E-state index in [4.69, 9.17) is 5.26 Å². The quantitative estimate of drug-likeness (QED) is 0.668. The van der Waals surface area contributed by atoms with Gasteiger partial charge in [0, 0.05) is 0 Å². The standard InChI is InChI=1S/C8H7FN2S/c9-8(2-1-3-8)7-11-5-6(4-10)12-7/h5H,1-3H2. The summed E-state index contributed by atoms with van der Waals surface area (Å²) in [5.74, 6) is 0. The van der Waals surface area contributed by atoms with E-state index in [-0.39, 0.29) is 0 Å². The van der Waals surface area contributed by atoms with E-state index in [0.29, 0.717) is 22.7 Å². The van der Waals surface area contributed by atoms with E-state index >= 15 is 0 Å². The van der Waals surface area contributed by atoms with E-state index in [9.17, 15) is 4.39 Å². The smallest absolute Gasteiger partial charge is 0.162 e. The Balaban J connectivity index is 2.29. The molecular weight excluding hydrogens is 175 g/mol. The summed E-state index contributed by atoms with van der Waals surface area (Å²) in [7, 11) is 0. The summed E-state index contributed by atoms with van der Waals surface area (Å²) in [6.07, 6.45) is 3.49. The van der Waals surface area contributed by atoms with Crippen LogP contribution in [0.5, 0.6) is 0 Å². The molecule has 1 fully saturated rings. The molecule has 62 valence electrons. The zero-order valence-corrected chi connectivity index (χ0v) is 7.20. The number of nitrogens with zero attached hydrogens (tertiary/aromatic N) is 2. The Morgan fingerprint density at radius 3 is 2.83 bits per heavy atom. The predicted octanol–water partition coefficient (Wildman–Crippen LogP) is 2.36. The molecule has 0 saturated heterocycles. The Hall–Kier alpha value is -0.950. The molecule has 1 aromatic rings. The molecule has 1 aliphatic carbocycles. The topological polar surface area (TPSA) is 36.7 Å². The number of halogens is 1. The van der Waals surface area contributed by atoms with Crippen LogP contribution in [0.4, 0.5) is 4.39 Å². The van der Waals surface area contributed by atoms with Gasteiger partial charge in [-0.3, -0.25) is 0 Å². The van der Waals surface area contributed by atoms with Crippen molar-refractivity contribution in [1.29, 1.82) is 5.26 Å². The molecule has 0 aliphatic heterocycles. The molecule has 2 nitrogen and oxygen atoms in total. The van der Waals surface area contributed by atoms with E-state index in [1.54, 1.807) is 0 Å². The van der Waals surface area contributed by atoms with E-state index in [2.05, 4.69) is 4.98 Å². The lowest BCUT2D eigenvalue weighted by Crippen LogP contribution is -2.28. The summed E-state index contributed by atoms with van der Waals surface area (Å²) >= 11 is 1.17. The van der Waals surface area contributed by atoms with Crippen LogP contribution in [0.1, 0.15) is 29.1 Å². The van der Waals surface area contributed by atoms with Gasteiger partial charge < -0.3 is 0 Å². The lowest BCUT2D eigenvalue weighted by molar-refractivity contribution is 0.0606. The molecule has 2 rings (SSSR count). The molecule has 1 saturated carbocycles. The average molecular weight is 182 g/mol. The first kappa shape index (κ1) is 7.69. The number of rotatable bonds is 1. The molecule has 0 aromatic carbocycles. The summed E-state index contributed by atoms with van der Waals surface area (Å²) < 4.78 is 13.6. The van der Waals surface area contributed by atoms with Crippen LogP contribution >= 0.6 is 11.3 Å². The van der Waals surface area contributed by atoms with Gasteiger partial charge in [-0.05, 0) is 19.3 Å². The van der Waals surface area contributed by atoms with Crippen molar-refractivity contribution in [3.05, 3.63) is 16.1 Å². The summed E-state index contributed by atoms with van der Waals surface area (Å²) in [5.41, 5.74) is -1.21. The second kappa shape index (κ2) is 2.53. The highest BCUT2D eigenvalue weighted by molar-refractivity contribution is 7.12. The third-order valence-corrected chi connectivity index (χ3v) is 3.23. The monoisotopic (exact) mass is 182 g/mol. The SMILES string of the molecule is N#Cc1cnc(C2(F)CCC2)s1. The first-order valence-corrected chi connectivity index (χ1v) is 4.61. The Kier molecular flexibility index (Phi) is 1.62. The largest absolute Gasteiger partial charge is 0.245 e.